The van der Waals surface area contributed by atoms with Crippen molar-refractivity contribution in [2.75, 3.05) is 13.1 Å². The molecular formula is C29H37ClFN3O. The Labute approximate surface area is 214 Å². The Hall–Kier alpha value is -2.79. The number of rotatable bonds is 2. The van der Waals surface area contributed by atoms with Crippen molar-refractivity contribution in [3.63, 3.8) is 0 Å². The van der Waals surface area contributed by atoms with Crippen molar-refractivity contribution < 1.29 is 9.18 Å². The quantitative estimate of drug-likeness (QED) is 0.372. The van der Waals surface area contributed by atoms with E-state index in [1.54, 1.807) is 31.5 Å². The first-order valence-electron chi connectivity index (χ1n) is 12.3. The van der Waals surface area contributed by atoms with Gasteiger partial charge >= 0.3 is 0 Å². The first-order chi connectivity index (χ1) is 16.8. The summed E-state index contributed by atoms with van der Waals surface area (Å²) >= 11 is 5.71. The summed E-state index contributed by atoms with van der Waals surface area (Å²) in [5.74, 6) is 0.858. The Bertz CT molecular complexity index is 1030. The maximum Gasteiger partial charge on any atom is 0.219 e. The second-order valence-electron chi connectivity index (χ2n) is 8.71. The monoisotopic (exact) mass is 497 g/mol. The fourth-order valence-electron chi connectivity index (χ4n) is 3.54. The molecule has 188 valence electrons. The van der Waals surface area contributed by atoms with Gasteiger partial charge in [-0.05, 0) is 69.2 Å². The predicted octanol–water partition coefficient (Wildman–Crippen LogP) is 7.33. The number of carbonyl (C=O) groups is 1. The van der Waals surface area contributed by atoms with Gasteiger partial charge in [0.1, 0.15) is 5.82 Å². The summed E-state index contributed by atoms with van der Waals surface area (Å²) in [4.78, 5) is 20.9. The maximum absolute atomic E-state index is 12.6. The summed E-state index contributed by atoms with van der Waals surface area (Å²) in [6.45, 7) is 9.55. The summed E-state index contributed by atoms with van der Waals surface area (Å²) in [7, 11) is 0. The van der Waals surface area contributed by atoms with Gasteiger partial charge in [-0.2, -0.15) is 0 Å². The lowest BCUT2D eigenvalue weighted by Crippen LogP contribution is -2.24. The topological polar surface area (TPSA) is 46.1 Å². The van der Waals surface area contributed by atoms with Crippen LogP contribution in [-0.4, -0.2) is 33.9 Å². The van der Waals surface area contributed by atoms with E-state index < -0.39 is 0 Å². The average molecular weight is 498 g/mol. The van der Waals surface area contributed by atoms with Crippen LogP contribution in [0.1, 0.15) is 68.0 Å². The van der Waals surface area contributed by atoms with Crippen molar-refractivity contribution in [1.82, 2.24) is 14.9 Å². The van der Waals surface area contributed by atoms with Crippen molar-refractivity contribution in [1.29, 1.82) is 0 Å². The predicted molar refractivity (Wildman–Crippen MR) is 142 cm³/mol. The highest BCUT2D eigenvalue weighted by Gasteiger charge is 2.26. The van der Waals surface area contributed by atoms with Gasteiger partial charge in [-0.3, -0.25) is 14.8 Å². The number of carbonyl (C=O) groups excluding carboxylic acids is 1. The van der Waals surface area contributed by atoms with Gasteiger partial charge in [-0.1, -0.05) is 54.9 Å². The smallest absolute Gasteiger partial charge is 0.219 e. The molecule has 2 fully saturated rings. The van der Waals surface area contributed by atoms with Crippen molar-refractivity contribution in [2.24, 2.45) is 0 Å². The van der Waals surface area contributed by atoms with Crippen LogP contribution in [0.2, 0.25) is 5.02 Å². The minimum absolute atomic E-state index is 0.0972. The summed E-state index contributed by atoms with van der Waals surface area (Å²) in [5.41, 5.74) is 4.24. The lowest BCUT2D eigenvalue weighted by molar-refractivity contribution is -0.127. The Morgan fingerprint density at radius 2 is 1.60 bits per heavy atom. The van der Waals surface area contributed by atoms with Crippen molar-refractivity contribution in [3.05, 3.63) is 94.3 Å². The zero-order chi connectivity index (χ0) is 25.6. The second kappa shape index (κ2) is 15.3. The number of nitrogens with zero attached hydrogens (tertiary/aromatic N) is 3. The molecule has 1 saturated heterocycles. The Morgan fingerprint density at radius 3 is 2.03 bits per heavy atom. The first-order valence-corrected chi connectivity index (χ1v) is 12.7. The van der Waals surface area contributed by atoms with Crippen LogP contribution in [0.4, 0.5) is 4.39 Å². The van der Waals surface area contributed by atoms with Crippen LogP contribution < -0.4 is 0 Å². The number of amides is 1. The van der Waals surface area contributed by atoms with E-state index >= 15 is 0 Å². The molecule has 2 aliphatic rings. The van der Waals surface area contributed by atoms with Crippen LogP contribution in [-0.2, 0) is 11.2 Å². The van der Waals surface area contributed by atoms with E-state index in [1.807, 2.05) is 56.0 Å². The fraction of sp³-hybridized carbons (Fsp3) is 0.414. The van der Waals surface area contributed by atoms with Crippen LogP contribution in [0.3, 0.4) is 0 Å². The molecule has 0 bridgehead atoms. The molecular weight excluding hydrogens is 461 g/mol. The molecule has 2 aromatic carbocycles. The number of aromatic nitrogens is 2. The number of halogens is 2. The number of likely N-dealkylation sites (tertiary alicyclic amines) is 1. The van der Waals surface area contributed by atoms with Crippen molar-refractivity contribution in [3.8, 4) is 0 Å². The zero-order valence-electron chi connectivity index (χ0n) is 21.3. The molecule has 5 rings (SSSR count). The van der Waals surface area contributed by atoms with E-state index in [1.165, 1.54) is 37.4 Å². The number of hydrogen-bond donors (Lipinski definition) is 0. The maximum atomic E-state index is 12.6. The lowest BCUT2D eigenvalue weighted by Gasteiger charge is -2.10. The van der Waals surface area contributed by atoms with Crippen LogP contribution in [0, 0.1) is 19.7 Å². The molecule has 4 nitrogen and oxygen atoms in total. The molecule has 1 aliphatic heterocycles. The largest absolute Gasteiger partial charge is 0.343 e. The fourth-order valence-corrected chi connectivity index (χ4v) is 3.68. The van der Waals surface area contributed by atoms with E-state index in [4.69, 9.17) is 11.6 Å². The van der Waals surface area contributed by atoms with Gasteiger partial charge in [-0.15, -0.1) is 0 Å². The summed E-state index contributed by atoms with van der Waals surface area (Å²) in [6.07, 6.45) is 9.30. The third-order valence-corrected chi connectivity index (χ3v) is 6.27. The van der Waals surface area contributed by atoms with Gasteiger partial charge in [0, 0.05) is 43.3 Å². The molecule has 0 N–H and O–H groups in total. The molecule has 3 aromatic rings. The number of aryl methyl sites for hydroxylation is 3. The molecule has 1 saturated carbocycles. The SMILES string of the molecule is CC(=O)N1CCCC1.CCc1ccccc1F.Cc1ccccc1Cl.Cc1nccnc1C1CC1. The van der Waals surface area contributed by atoms with E-state index in [0.717, 1.165) is 47.3 Å². The summed E-state index contributed by atoms with van der Waals surface area (Å²) < 4.78 is 12.6. The lowest BCUT2D eigenvalue weighted by atomic mass is 10.2. The standard InChI is InChI=1S/C8H9F.C8H10N2.C7H7Cl.C6H11NO/c1-2-7-5-3-4-6-8(7)9;1-6-8(7-2-3-7)10-5-4-9-6;1-6-4-2-3-5-7(6)8;1-6(8)7-4-2-3-5-7/h3-6H,2H2,1H3;4-5,7H,2-3H2,1H3;2-5H,1H3;2-5H2,1H3. The third kappa shape index (κ3) is 10.6. The zero-order valence-corrected chi connectivity index (χ0v) is 22.1. The molecule has 0 atom stereocenters. The van der Waals surface area contributed by atoms with Crippen LogP contribution in [0.5, 0.6) is 0 Å². The number of hydrogen-bond acceptors (Lipinski definition) is 3. The normalized spacial score (nSPS) is 13.9. The second-order valence-corrected chi connectivity index (χ2v) is 9.12. The number of benzene rings is 2. The van der Waals surface area contributed by atoms with Gasteiger partial charge < -0.3 is 4.90 Å². The molecule has 35 heavy (non-hydrogen) atoms. The van der Waals surface area contributed by atoms with Gasteiger partial charge in [0.05, 0.1) is 11.4 Å². The molecule has 0 radical (unpaired) electrons. The van der Waals surface area contributed by atoms with Crippen LogP contribution in [0.25, 0.3) is 0 Å². The Kier molecular flexibility index (Phi) is 12.4. The van der Waals surface area contributed by atoms with E-state index in [2.05, 4.69) is 9.97 Å². The van der Waals surface area contributed by atoms with E-state index in [9.17, 15) is 9.18 Å². The summed E-state index contributed by atoms with van der Waals surface area (Å²) in [6, 6.07) is 14.6. The first kappa shape index (κ1) is 28.4. The highest BCUT2D eigenvalue weighted by atomic mass is 35.5. The van der Waals surface area contributed by atoms with Crippen molar-refractivity contribution >= 4 is 17.5 Å². The van der Waals surface area contributed by atoms with E-state index in [0.29, 0.717) is 0 Å². The third-order valence-electron chi connectivity index (χ3n) is 5.85. The van der Waals surface area contributed by atoms with Gasteiger partial charge in [0.25, 0.3) is 0 Å². The molecule has 2 heterocycles. The van der Waals surface area contributed by atoms with Crippen molar-refractivity contribution in [2.45, 2.75) is 65.7 Å². The molecule has 1 aromatic heterocycles. The Morgan fingerprint density at radius 1 is 1.00 bits per heavy atom. The summed E-state index contributed by atoms with van der Waals surface area (Å²) in [5, 5.41) is 0.840. The van der Waals surface area contributed by atoms with E-state index in [-0.39, 0.29) is 11.7 Å². The van der Waals surface area contributed by atoms with Gasteiger partial charge in [0.2, 0.25) is 5.91 Å². The van der Waals surface area contributed by atoms with Crippen LogP contribution >= 0.6 is 11.6 Å². The minimum Gasteiger partial charge on any atom is -0.343 e. The molecule has 0 spiro atoms. The highest BCUT2D eigenvalue weighted by molar-refractivity contribution is 6.31. The average Bonchev–Trinajstić information content (AvgIpc) is 3.54. The Balaban J connectivity index is 0.000000165. The van der Waals surface area contributed by atoms with Crippen LogP contribution in [0.15, 0.2) is 60.9 Å². The highest BCUT2D eigenvalue weighted by Crippen LogP contribution is 2.39. The van der Waals surface area contributed by atoms with Gasteiger partial charge in [-0.25, -0.2) is 4.39 Å². The molecule has 1 amide bonds. The van der Waals surface area contributed by atoms with Gasteiger partial charge in [0.15, 0.2) is 0 Å². The molecule has 0 unspecified atom stereocenters. The molecule has 6 heteroatoms. The molecule has 1 aliphatic carbocycles. The minimum atomic E-state index is -0.0972.